The zero-order valence-electron chi connectivity index (χ0n) is 9.01. The highest BCUT2D eigenvalue weighted by Crippen LogP contribution is 2.20. The van der Waals surface area contributed by atoms with Crippen molar-refractivity contribution in [1.82, 2.24) is 10.6 Å². The number of hydrogen-bond acceptors (Lipinski definition) is 1. The summed E-state index contributed by atoms with van der Waals surface area (Å²) in [7, 11) is 0. The van der Waals surface area contributed by atoms with Gasteiger partial charge in [-0.1, -0.05) is 40.0 Å². The van der Waals surface area contributed by atoms with E-state index in [0.29, 0.717) is 6.54 Å². The van der Waals surface area contributed by atoms with Crippen LogP contribution in [-0.2, 0) is 6.54 Å². The van der Waals surface area contributed by atoms with Gasteiger partial charge in [0.2, 0.25) is 0 Å². The summed E-state index contributed by atoms with van der Waals surface area (Å²) in [5.41, 5.74) is 2.18. The van der Waals surface area contributed by atoms with Gasteiger partial charge in [0.1, 0.15) is 0 Å². The van der Waals surface area contributed by atoms with E-state index in [-0.39, 0.29) is 12.6 Å². The van der Waals surface area contributed by atoms with E-state index < -0.39 is 0 Å². The number of terminal acetylenes is 1. The number of benzene rings is 1. The third-order valence-corrected chi connectivity index (χ3v) is 3.20. The molecule has 0 fully saturated rings. The van der Waals surface area contributed by atoms with Crippen LogP contribution < -0.4 is 10.6 Å². The first-order valence-electron chi connectivity index (χ1n) is 4.84. The number of halogens is 1. The highest BCUT2D eigenvalue weighted by molar-refractivity contribution is 9.10. The first-order valence-corrected chi connectivity index (χ1v) is 5.63. The Morgan fingerprint density at radius 2 is 2.25 bits per heavy atom. The van der Waals surface area contributed by atoms with Gasteiger partial charge in [0.05, 0.1) is 6.54 Å². The molecule has 0 aromatic heterocycles. The van der Waals surface area contributed by atoms with Crippen molar-refractivity contribution in [3.8, 4) is 12.3 Å². The van der Waals surface area contributed by atoms with Crippen LogP contribution in [0, 0.1) is 19.3 Å². The lowest BCUT2D eigenvalue weighted by Crippen LogP contribution is -2.35. The largest absolute Gasteiger partial charge is 0.334 e. The van der Waals surface area contributed by atoms with E-state index >= 15 is 0 Å². The molecule has 0 saturated heterocycles. The van der Waals surface area contributed by atoms with Crippen LogP contribution in [0.15, 0.2) is 22.7 Å². The van der Waals surface area contributed by atoms with Crippen molar-refractivity contribution in [1.29, 1.82) is 0 Å². The van der Waals surface area contributed by atoms with E-state index in [4.69, 9.17) is 6.42 Å². The van der Waals surface area contributed by atoms with Crippen LogP contribution >= 0.6 is 15.9 Å². The van der Waals surface area contributed by atoms with E-state index in [9.17, 15) is 4.79 Å². The molecule has 0 atom stereocenters. The van der Waals surface area contributed by atoms with Gasteiger partial charge in [-0.25, -0.2) is 4.79 Å². The molecule has 1 aromatic carbocycles. The molecular weight excluding hydrogens is 268 g/mol. The Morgan fingerprint density at radius 1 is 1.50 bits per heavy atom. The van der Waals surface area contributed by atoms with Crippen molar-refractivity contribution >= 4 is 22.0 Å². The number of amides is 2. The fourth-order valence-corrected chi connectivity index (χ4v) is 1.62. The van der Waals surface area contributed by atoms with Crippen molar-refractivity contribution in [3.05, 3.63) is 33.8 Å². The van der Waals surface area contributed by atoms with Gasteiger partial charge >= 0.3 is 6.03 Å². The molecule has 0 heterocycles. The molecule has 3 nitrogen and oxygen atoms in total. The topological polar surface area (TPSA) is 41.1 Å². The Morgan fingerprint density at radius 3 is 2.94 bits per heavy atom. The number of aryl methyl sites for hydroxylation is 1. The molecule has 0 bridgehead atoms. The van der Waals surface area contributed by atoms with Crippen molar-refractivity contribution < 1.29 is 4.79 Å². The van der Waals surface area contributed by atoms with Crippen LogP contribution in [0.5, 0.6) is 0 Å². The van der Waals surface area contributed by atoms with Crippen LogP contribution in [0.4, 0.5) is 4.79 Å². The summed E-state index contributed by atoms with van der Waals surface area (Å²) < 4.78 is 1.02. The van der Waals surface area contributed by atoms with Crippen LogP contribution in [-0.4, -0.2) is 12.6 Å². The van der Waals surface area contributed by atoms with E-state index in [1.807, 2.05) is 25.1 Å². The molecule has 0 radical (unpaired) electrons. The van der Waals surface area contributed by atoms with Crippen molar-refractivity contribution in [2.24, 2.45) is 0 Å². The molecule has 1 aromatic rings. The molecule has 0 saturated carbocycles. The SMILES string of the molecule is C#CCNC(=O)NCc1cccc(C)c1Br. The Kier molecular flexibility index (Phi) is 4.87. The molecule has 2 N–H and O–H groups in total. The molecular formula is C12H13BrN2O. The third kappa shape index (κ3) is 3.59. The van der Waals surface area contributed by atoms with Gasteiger partial charge in [-0.3, -0.25) is 0 Å². The number of carbonyl (C=O) groups is 1. The molecule has 4 heteroatoms. The summed E-state index contributed by atoms with van der Waals surface area (Å²) in [6.07, 6.45) is 5.03. The number of hydrogen-bond donors (Lipinski definition) is 2. The first-order chi connectivity index (χ1) is 7.65. The van der Waals surface area contributed by atoms with Crippen LogP contribution in [0.1, 0.15) is 11.1 Å². The minimum atomic E-state index is -0.258. The maximum Gasteiger partial charge on any atom is 0.315 e. The van der Waals surface area contributed by atoms with Crippen LogP contribution in [0.25, 0.3) is 0 Å². The normalized spacial score (nSPS) is 9.31. The standard InChI is InChI=1S/C12H13BrN2O/c1-3-7-14-12(16)15-8-10-6-4-5-9(2)11(10)13/h1,4-6H,7-8H2,2H3,(H2,14,15,16). The van der Waals surface area contributed by atoms with Crippen molar-refractivity contribution in [2.75, 3.05) is 6.54 Å². The summed E-state index contributed by atoms with van der Waals surface area (Å²) in [5.74, 6) is 2.34. The Hall–Kier alpha value is -1.47. The van der Waals surface area contributed by atoms with Gasteiger partial charge in [0.25, 0.3) is 0 Å². The minimum Gasteiger partial charge on any atom is -0.334 e. The zero-order chi connectivity index (χ0) is 12.0. The average Bonchev–Trinajstić information content (AvgIpc) is 2.28. The molecule has 0 spiro atoms. The van der Waals surface area contributed by atoms with Gasteiger partial charge in [-0.15, -0.1) is 6.42 Å². The van der Waals surface area contributed by atoms with Gasteiger partial charge in [-0.2, -0.15) is 0 Å². The van der Waals surface area contributed by atoms with Crippen LogP contribution in [0.2, 0.25) is 0 Å². The lowest BCUT2D eigenvalue weighted by Gasteiger charge is -2.08. The molecule has 84 valence electrons. The smallest absolute Gasteiger partial charge is 0.315 e. The molecule has 0 unspecified atom stereocenters. The zero-order valence-corrected chi connectivity index (χ0v) is 10.6. The maximum atomic E-state index is 11.2. The molecule has 1 rings (SSSR count). The van der Waals surface area contributed by atoms with E-state index in [2.05, 4.69) is 32.5 Å². The molecule has 16 heavy (non-hydrogen) atoms. The summed E-state index contributed by atoms with van der Waals surface area (Å²) in [5, 5.41) is 5.26. The van der Waals surface area contributed by atoms with E-state index in [1.54, 1.807) is 0 Å². The molecule has 0 aliphatic carbocycles. The Bertz CT molecular complexity index is 424. The highest BCUT2D eigenvalue weighted by Gasteiger charge is 2.03. The second-order valence-corrected chi connectivity index (χ2v) is 4.08. The number of carbonyl (C=O) groups excluding carboxylic acids is 1. The fourth-order valence-electron chi connectivity index (χ4n) is 1.21. The predicted octanol–water partition coefficient (Wildman–Crippen LogP) is 2.19. The fraction of sp³-hybridized carbons (Fsp3) is 0.250. The van der Waals surface area contributed by atoms with E-state index in [0.717, 1.165) is 15.6 Å². The summed E-state index contributed by atoms with van der Waals surface area (Å²) in [4.78, 5) is 11.2. The lowest BCUT2D eigenvalue weighted by molar-refractivity contribution is 0.241. The Balaban J connectivity index is 2.52. The van der Waals surface area contributed by atoms with E-state index in [1.165, 1.54) is 0 Å². The van der Waals surface area contributed by atoms with Gasteiger partial charge in [0, 0.05) is 11.0 Å². The minimum absolute atomic E-state index is 0.237. The van der Waals surface area contributed by atoms with Gasteiger partial charge < -0.3 is 10.6 Å². The number of rotatable bonds is 3. The third-order valence-electron chi connectivity index (χ3n) is 2.06. The Labute approximate surface area is 104 Å². The second kappa shape index (κ2) is 6.19. The summed E-state index contributed by atoms with van der Waals surface area (Å²) in [6.45, 7) is 2.71. The predicted molar refractivity (Wildman–Crippen MR) is 68.0 cm³/mol. The van der Waals surface area contributed by atoms with Crippen molar-refractivity contribution in [3.63, 3.8) is 0 Å². The molecule has 0 aliphatic heterocycles. The summed E-state index contributed by atoms with van der Waals surface area (Å²) >= 11 is 3.48. The number of urea groups is 1. The maximum absolute atomic E-state index is 11.2. The average molecular weight is 281 g/mol. The highest BCUT2D eigenvalue weighted by atomic mass is 79.9. The van der Waals surface area contributed by atoms with Crippen molar-refractivity contribution in [2.45, 2.75) is 13.5 Å². The monoisotopic (exact) mass is 280 g/mol. The van der Waals surface area contributed by atoms with Gasteiger partial charge in [-0.05, 0) is 18.1 Å². The number of nitrogens with one attached hydrogen (secondary N) is 2. The molecule has 0 aliphatic rings. The second-order valence-electron chi connectivity index (χ2n) is 3.29. The molecule has 2 amide bonds. The lowest BCUT2D eigenvalue weighted by atomic mass is 10.1. The first kappa shape index (κ1) is 12.6. The summed E-state index contributed by atoms with van der Waals surface area (Å²) in [6, 6.07) is 5.66. The van der Waals surface area contributed by atoms with Crippen LogP contribution in [0.3, 0.4) is 0 Å². The van der Waals surface area contributed by atoms with Gasteiger partial charge in [0.15, 0.2) is 0 Å². The quantitative estimate of drug-likeness (QED) is 0.819.